The zero-order chi connectivity index (χ0) is 19.1. The van der Waals surface area contributed by atoms with Crippen molar-refractivity contribution in [3.8, 4) is 5.75 Å². The van der Waals surface area contributed by atoms with E-state index >= 15 is 0 Å². The summed E-state index contributed by atoms with van der Waals surface area (Å²) in [5, 5.41) is 2.76. The molecule has 1 atom stereocenters. The van der Waals surface area contributed by atoms with Gasteiger partial charge in [-0.1, -0.05) is 30.3 Å². The molecule has 0 spiro atoms. The van der Waals surface area contributed by atoms with Gasteiger partial charge in [0.2, 0.25) is 12.2 Å². The Morgan fingerprint density at radius 3 is 2.93 bits per heavy atom. The van der Waals surface area contributed by atoms with Crippen LogP contribution >= 0.6 is 11.8 Å². The maximum absolute atomic E-state index is 14.0. The first-order valence-electron chi connectivity index (χ1n) is 8.65. The number of benzene rings is 2. The minimum absolute atomic E-state index is 0.0752. The Balaban J connectivity index is 1.65. The average molecular weight is 391 g/mol. The fraction of sp³-hybridized carbons (Fsp3) is 0.350. The molecule has 0 aromatic heterocycles. The van der Waals surface area contributed by atoms with Crippen molar-refractivity contribution in [3.63, 3.8) is 0 Å². The van der Waals surface area contributed by atoms with Gasteiger partial charge < -0.3 is 19.5 Å². The topological polar surface area (TPSA) is 56.8 Å². The number of thioether (sulfide) groups is 1. The Kier molecular flexibility index (Phi) is 7.09. The maximum Gasteiger partial charge on any atom is 0.230 e. The van der Waals surface area contributed by atoms with Crippen molar-refractivity contribution in [3.05, 3.63) is 65.0 Å². The molecule has 1 amide bonds. The summed E-state index contributed by atoms with van der Waals surface area (Å²) in [5.41, 5.74) is 2.31. The minimum atomic E-state index is -0.523. The molecule has 1 heterocycles. The third-order valence-electron chi connectivity index (χ3n) is 4.01. The first kappa shape index (κ1) is 19.7. The number of halogens is 1. The van der Waals surface area contributed by atoms with E-state index in [0.717, 1.165) is 11.1 Å². The molecule has 0 bridgehead atoms. The lowest BCUT2D eigenvalue weighted by Gasteiger charge is -2.28. The van der Waals surface area contributed by atoms with Gasteiger partial charge in [0, 0.05) is 36.1 Å². The number of fused-ring (bicyclic) bond motifs is 1. The number of hydrogen-bond donors (Lipinski definition) is 1. The molecule has 0 radical (unpaired) electrons. The highest BCUT2D eigenvalue weighted by molar-refractivity contribution is 7.99. The van der Waals surface area contributed by atoms with Crippen LogP contribution < -0.4 is 10.1 Å². The quantitative estimate of drug-likeness (QED) is 0.699. The summed E-state index contributed by atoms with van der Waals surface area (Å²) in [5.74, 6) is 0.990. The molecule has 7 heteroatoms. The Bertz CT molecular complexity index is 772. The van der Waals surface area contributed by atoms with Crippen LogP contribution in [0.4, 0.5) is 4.39 Å². The summed E-state index contributed by atoms with van der Waals surface area (Å²) in [7, 11) is 1.58. The Labute approximate surface area is 162 Å². The second-order valence-corrected chi connectivity index (χ2v) is 7.05. The normalized spacial score (nSPS) is 15.7. The fourth-order valence-electron chi connectivity index (χ4n) is 2.76. The summed E-state index contributed by atoms with van der Waals surface area (Å²) in [6.07, 6.45) is -0.523. The van der Waals surface area contributed by atoms with Gasteiger partial charge in [0.25, 0.3) is 0 Å². The van der Waals surface area contributed by atoms with E-state index in [2.05, 4.69) is 5.32 Å². The van der Waals surface area contributed by atoms with E-state index in [1.54, 1.807) is 7.11 Å². The van der Waals surface area contributed by atoms with Crippen LogP contribution in [0.15, 0.2) is 42.5 Å². The monoisotopic (exact) mass is 391 g/mol. The van der Waals surface area contributed by atoms with E-state index < -0.39 is 6.29 Å². The molecule has 0 saturated carbocycles. The molecule has 5 nitrogen and oxygen atoms in total. The summed E-state index contributed by atoms with van der Waals surface area (Å²) in [6.45, 7) is 1.23. The number of ether oxygens (including phenoxy) is 3. The van der Waals surface area contributed by atoms with Crippen LogP contribution in [0.25, 0.3) is 0 Å². The number of rotatable bonds is 8. The molecule has 0 fully saturated rings. The number of carbonyl (C=O) groups is 1. The standard InChI is InChI=1S/C20H22FNO4S/c1-24-8-7-22-18(23)13-27-12-16-10-17(21)9-15-11-25-20(26-19(15)16)14-5-3-2-4-6-14/h2-6,9-10,20H,7-8,11-13H2,1H3,(H,22,23)/t20-/m1/s1. The molecule has 2 aromatic rings. The van der Waals surface area contributed by atoms with Crippen LogP contribution in [0.1, 0.15) is 23.0 Å². The lowest BCUT2D eigenvalue weighted by molar-refractivity contribution is -0.118. The van der Waals surface area contributed by atoms with Gasteiger partial charge in [-0.05, 0) is 12.1 Å². The molecular weight excluding hydrogens is 369 g/mol. The number of amides is 1. The van der Waals surface area contributed by atoms with Crippen LogP contribution in [0, 0.1) is 5.82 Å². The van der Waals surface area contributed by atoms with Gasteiger partial charge in [-0.25, -0.2) is 4.39 Å². The second-order valence-electron chi connectivity index (χ2n) is 6.06. The zero-order valence-electron chi connectivity index (χ0n) is 15.1. The van der Waals surface area contributed by atoms with Gasteiger partial charge in [0.1, 0.15) is 11.6 Å². The van der Waals surface area contributed by atoms with Crippen molar-refractivity contribution in [2.45, 2.75) is 18.6 Å². The van der Waals surface area contributed by atoms with Crippen molar-refractivity contribution in [2.24, 2.45) is 0 Å². The van der Waals surface area contributed by atoms with Gasteiger partial charge in [0.05, 0.1) is 19.0 Å². The minimum Gasteiger partial charge on any atom is -0.460 e. The van der Waals surface area contributed by atoms with E-state index in [4.69, 9.17) is 14.2 Å². The first-order valence-corrected chi connectivity index (χ1v) is 9.80. The Hall–Kier alpha value is -2.09. The van der Waals surface area contributed by atoms with Crippen molar-refractivity contribution >= 4 is 17.7 Å². The molecule has 0 saturated heterocycles. The molecule has 27 heavy (non-hydrogen) atoms. The molecule has 1 N–H and O–H groups in total. The molecule has 0 aliphatic carbocycles. The van der Waals surface area contributed by atoms with E-state index in [1.807, 2.05) is 30.3 Å². The van der Waals surface area contributed by atoms with E-state index in [1.165, 1.54) is 23.9 Å². The number of methoxy groups -OCH3 is 1. The first-order chi connectivity index (χ1) is 13.2. The van der Waals surface area contributed by atoms with Gasteiger partial charge >= 0.3 is 0 Å². The smallest absolute Gasteiger partial charge is 0.230 e. The van der Waals surface area contributed by atoms with Gasteiger partial charge in [0.15, 0.2) is 0 Å². The van der Waals surface area contributed by atoms with Gasteiger partial charge in [-0.2, -0.15) is 0 Å². The number of nitrogens with one attached hydrogen (secondary N) is 1. The highest BCUT2D eigenvalue weighted by Gasteiger charge is 2.25. The highest BCUT2D eigenvalue weighted by Crippen LogP contribution is 2.37. The second kappa shape index (κ2) is 9.73. The van der Waals surface area contributed by atoms with E-state index in [-0.39, 0.29) is 24.1 Å². The van der Waals surface area contributed by atoms with Crippen molar-refractivity contribution in [1.82, 2.24) is 5.32 Å². The van der Waals surface area contributed by atoms with Crippen molar-refractivity contribution < 1.29 is 23.4 Å². The molecular formula is C20H22FNO4S. The summed E-state index contributed by atoms with van der Waals surface area (Å²) < 4.78 is 30.6. The molecule has 0 unspecified atom stereocenters. The lowest BCUT2D eigenvalue weighted by atomic mass is 10.1. The largest absolute Gasteiger partial charge is 0.460 e. The Morgan fingerprint density at radius 2 is 2.15 bits per heavy atom. The number of carbonyl (C=O) groups excluding carboxylic acids is 1. The van der Waals surface area contributed by atoms with Crippen molar-refractivity contribution in [2.75, 3.05) is 26.0 Å². The molecule has 144 valence electrons. The Morgan fingerprint density at radius 1 is 1.33 bits per heavy atom. The fourth-order valence-corrected chi connectivity index (χ4v) is 3.58. The SMILES string of the molecule is COCCNC(=O)CSCc1cc(F)cc2c1O[C@H](c1ccccc1)OC2. The molecule has 3 rings (SSSR count). The van der Waals surface area contributed by atoms with Crippen molar-refractivity contribution in [1.29, 1.82) is 0 Å². The van der Waals surface area contributed by atoms with Crippen LogP contribution in [-0.2, 0) is 26.6 Å². The summed E-state index contributed by atoms with van der Waals surface area (Å²) in [6, 6.07) is 12.5. The highest BCUT2D eigenvalue weighted by atomic mass is 32.2. The number of hydrogen-bond acceptors (Lipinski definition) is 5. The van der Waals surface area contributed by atoms with E-state index in [0.29, 0.717) is 30.2 Å². The zero-order valence-corrected chi connectivity index (χ0v) is 15.9. The lowest BCUT2D eigenvalue weighted by Crippen LogP contribution is -2.28. The molecule has 1 aliphatic rings. The molecule has 1 aliphatic heterocycles. The van der Waals surface area contributed by atoms with Crippen LogP contribution in [-0.4, -0.2) is 31.9 Å². The third-order valence-corrected chi connectivity index (χ3v) is 4.99. The predicted octanol–water partition coefficient (Wildman–Crippen LogP) is 3.43. The summed E-state index contributed by atoms with van der Waals surface area (Å²) in [4.78, 5) is 11.8. The van der Waals surface area contributed by atoms with Crippen LogP contribution in [0.3, 0.4) is 0 Å². The molecule has 2 aromatic carbocycles. The van der Waals surface area contributed by atoms with Gasteiger partial charge in [-0.3, -0.25) is 4.79 Å². The van der Waals surface area contributed by atoms with Crippen LogP contribution in [0.5, 0.6) is 5.75 Å². The maximum atomic E-state index is 14.0. The average Bonchev–Trinajstić information content (AvgIpc) is 2.68. The third kappa shape index (κ3) is 5.45. The van der Waals surface area contributed by atoms with Crippen LogP contribution in [0.2, 0.25) is 0 Å². The van der Waals surface area contributed by atoms with E-state index in [9.17, 15) is 9.18 Å². The summed E-state index contributed by atoms with van der Waals surface area (Å²) >= 11 is 1.41. The van der Waals surface area contributed by atoms with Gasteiger partial charge in [-0.15, -0.1) is 11.8 Å². The predicted molar refractivity (Wildman–Crippen MR) is 102 cm³/mol.